The third kappa shape index (κ3) is 3.82. The van der Waals surface area contributed by atoms with Crippen molar-refractivity contribution in [3.63, 3.8) is 0 Å². The molecule has 0 fully saturated rings. The van der Waals surface area contributed by atoms with E-state index in [1.54, 1.807) is 30.3 Å². The molecule has 2 aromatic carbocycles. The summed E-state index contributed by atoms with van der Waals surface area (Å²) in [5, 5.41) is 11.4. The first kappa shape index (κ1) is 18.2. The smallest absolute Gasteiger partial charge is 0.360 e. The number of aromatic nitrogens is 1. The van der Waals surface area contributed by atoms with E-state index in [1.807, 2.05) is 18.2 Å². The van der Waals surface area contributed by atoms with Crippen molar-refractivity contribution in [2.45, 2.75) is 13.5 Å². The molecule has 0 saturated heterocycles. The third-order valence-electron chi connectivity index (χ3n) is 3.81. The largest absolute Gasteiger partial charge is 0.505 e. The number of carbonyl (C=O) groups is 2. The summed E-state index contributed by atoms with van der Waals surface area (Å²) in [5.74, 6) is -0.785. The highest BCUT2D eigenvalue weighted by Gasteiger charge is 2.22. The van der Waals surface area contributed by atoms with Crippen molar-refractivity contribution < 1.29 is 28.9 Å². The van der Waals surface area contributed by atoms with Crippen LogP contribution < -0.4 is 4.74 Å². The second kappa shape index (κ2) is 7.74. The summed E-state index contributed by atoms with van der Waals surface area (Å²) < 4.78 is 15.6. The number of rotatable bonds is 5. The molecule has 0 aliphatic heterocycles. The van der Waals surface area contributed by atoms with Crippen LogP contribution in [0.25, 0.3) is 10.8 Å². The van der Waals surface area contributed by atoms with Crippen molar-refractivity contribution in [2.75, 3.05) is 7.11 Å². The lowest BCUT2D eigenvalue weighted by atomic mass is 10.1. The number of nitrogens with zero attached hydrogens (tertiary/aromatic N) is 1. The zero-order chi connectivity index (χ0) is 19.4. The molecule has 1 heterocycles. The molecule has 138 valence electrons. The van der Waals surface area contributed by atoms with Gasteiger partial charge < -0.3 is 19.3 Å². The molecule has 7 heteroatoms. The Morgan fingerprint density at radius 1 is 1.07 bits per heavy atom. The van der Waals surface area contributed by atoms with E-state index in [4.69, 9.17) is 14.2 Å². The fourth-order valence-corrected chi connectivity index (χ4v) is 2.60. The van der Waals surface area contributed by atoms with Crippen LogP contribution >= 0.6 is 0 Å². The second-order valence-corrected chi connectivity index (χ2v) is 5.62. The molecule has 3 aromatic rings. The van der Waals surface area contributed by atoms with Crippen molar-refractivity contribution in [2.24, 2.45) is 0 Å². The number of carbonyl (C=O) groups excluding carboxylic acids is 2. The first-order valence-corrected chi connectivity index (χ1v) is 8.10. The van der Waals surface area contributed by atoms with E-state index >= 15 is 0 Å². The molecule has 27 heavy (non-hydrogen) atoms. The molecule has 0 amide bonds. The summed E-state index contributed by atoms with van der Waals surface area (Å²) >= 11 is 0. The highest BCUT2D eigenvalue weighted by Crippen LogP contribution is 2.39. The van der Waals surface area contributed by atoms with Crippen LogP contribution in [0.3, 0.4) is 0 Å². The molecule has 1 N–H and O–H groups in total. The molecule has 3 rings (SSSR count). The standard InChI is InChI=1S/C20H17NO6/c1-12(22)26-11-15-14-9-6-10-16(27-13-7-4-3-5-8-13)17(14)19(23)18(21-15)20(24)25-2/h3-10,23H,11H2,1-2H3. The van der Waals surface area contributed by atoms with E-state index < -0.39 is 11.9 Å². The molecule has 0 spiro atoms. The highest BCUT2D eigenvalue weighted by atomic mass is 16.5. The number of hydrogen-bond donors (Lipinski definition) is 1. The molecule has 0 atom stereocenters. The summed E-state index contributed by atoms with van der Waals surface area (Å²) in [6, 6.07) is 14.1. The lowest BCUT2D eigenvalue weighted by molar-refractivity contribution is -0.142. The van der Waals surface area contributed by atoms with E-state index in [9.17, 15) is 14.7 Å². The normalized spacial score (nSPS) is 10.4. The number of methoxy groups -OCH3 is 1. The summed E-state index contributed by atoms with van der Waals surface area (Å²) in [5.41, 5.74) is 0.0215. The average Bonchev–Trinajstić information content (AvgIpc) is 2.67. The molecule has 0 aliphatic rings. The first-order chi connectivity index (χ1) is 13.0. The van der Waals surface area contributed by atoms with Crippen LogP contribution in [0.15, 0.2) is 48.5 Å². The number of benzene rings is 2. The number of hydrogen-bond acceptors (Lipinski definition) is 7. The van der Waals surface area contributed by atoms with Crippen LogP contribution in [-0.2, 0) is 20.9 Å². The van der Waals surface area contributed by atoms with Gasteiger partial charge in [0.25, 0.3) is 0 Å². The lowest BCUT2D eigenvalue weighted by Gasteiger charge is -2.14. The van der Waals surface area contributed by atoms with Crippen molar-refractivity contribution in [1.29, 1.82) is 0 Å². The molecule has 0 radical (unpaired) electrons. The van der Waals surface area contributed by atoms with Crippen LogP contribution in [0.2, 0.25) is 0 Å². The van der Waals surface area contributed by atoms with E-state index in [0.717, 1.165) is 0 Å². The predicted octanol–water partition coefficient (Wildman–Crippen LogP) is 3.58. The van der Waals surface area contributed by atoms with Crippen molar-refractivity contribution >= 4 is 22.7 Å². The molecular formula is C20H17NO6. The second-order valence-electron chi connectivity index (χ2n) is 5.62. The highest BCUT2D eigenvalue weighted by molar-refractivity contribution is 6.02. The Morgan fingerprint density at radius 2 is 1.81 bits per heavy atom. The zero-order valence-corrected chi connectivity index (χ0v) is 14.8. The Kier molecular flexibility index (Phi) is 5.21. The van der Waals surface area contributed by atoms with Gasteiger partial charge in [0.05, 0.1) is 18.2 Å². The number of pyridine rings is 1. The van der Waals surface area contributed by atoms with E-state index in [0.29, 0.717) is 22.6 Å². The minimum absolute atomic E-state index is 0.162. The number of esters is 2. The fourth-order valence-electron chi connectivity index (χ4n) is 2.60. The van der Waals surface area contributed by atoms with Crippen molar-refractivity contribution in [3.8, 4) is 17.2 Å². The molecule has 0 saturated carbocycles. The first-order valence-electron chi connectivity index (χ1n) is 8.10. The van der Waals surface area contributed by atoms with Gasteiger partial charge in [0, 0.05) is 12.3 Å². The summed E-state index contributed by atoms with van der Waals surface area (Å²) in [6.07, 6.45) is 0. The molecule has 7 nitrogen and oxygen atoms in total. The number of fused-ring (bicyclic) bond motifs is 1. The minimum Gasteiger partial charge on any atom is -0.505 e. The van der Waals surface area contributed by atoms with E-state index in [-0.39, 0.29) is 23.4 Å². The Hall–Kier alpha value is -3.61. The van der Waals surface area contributed by atoms with E-state index in [1.165, 1.54) is 14.0 Å². The van der Waals surface area contributed by atoms with Crippen LogP contribution in [0.5, 0.6) is 17.2 Å². The van der Waals surface area contributed by atoms with Gasteiger partial charge in [-0.25, -0.2) is 9.78 Å². The van der Waals surface area contributed by atoms with Gasteiger partial charge in [-0.2, -0.15) is 0 Å². The quantitative estimate of drug-likeness (QED) is 0.689. The fraction of sp³-hybridized carbons (Fsp3) is 0.150. The van der Waals surface area contributed by atoms with Crippen LogP contribution in [0.4, 0.5) is 0 Å². The summed E-state index contributed by atoms with van der Waals surface area (Å²) in [6.45, 7) is 1.11. The SMILES string of the molecule is COC(=O)c1nc(COC(C)=O)c2cccc(Oc3ccccc3)c2c1O. The topological polar surface area (TPSA) is 95.0 Å². The summed E-state index contributed by atoms with van der Waals surface area (Å²) in [4.78, 5) is 27.4. The van der Waals surface area contributed by atoms with Gasteiger partial charge in [-0.05, 0) is 18.2 Å². The maximum Gasteiger partial charge on any atom is 0.360 e. The molecule has 0 unspecified atom stereocenters. The lowest BCUT2D eigenvalue weighted by Crippen LogP contribution is -2.09. The van der Waals surface area contributed by atoms with Crippen LogP contribution in [0.1, 0.15) is 23.1 Å². The molecule has 0 bridgehead atoms. The van der Waals surface area contributed by atoms with Gasteiger partial charge in [0.15, 0.2) is 11.4 Å². The van der Waals surface area contributed by atoms with Gasteiger partial charge in [0.1, 0.15) is 18.1 Å². The van der Waals surface area contributed by atoms with Crippen molar-refractivity contribution in [3.05, 3.63) is 59.9 Å². The molecule has 1 aromatic heterocycles. The number of ether oxygens (including phenoxy) is 3. The average molecular weight is 367 g/mol. The van der Waals surface area contributed by atoms with Crippen LogP contribution in [0, 0.1) is 0 Å². The van der Waals surface area contributed by atoms with Gasteiger partial charge in [-0.1, -0.05) is 30.3 Å². The van der Waals surface area contributed by atoms with Gasteiger partial charge in [0.2, 0.25) is 0 Å². The molecule has 0 aliphatic carbocycles. The van der Waals surface area contributed by atoms with Crippen molar-refractivity contribution in [1.82, 2.24) is 4.98 Å². The Morgan fingerprint density at radius 3 is 2.48 bits per heavy atom. The Labute approximate surface area is 155 Å². The van der Waals surface area contributed by atoms with E-state index in [2.05, 4.69) is 4.98 Å². The minimum atomic E-state index is -0.812. The number of para-hydroxylation sites is 1. The maximum absolute atomic E-state index is 12.0. The Bertz CT molecular complexity index is 1000. The maximum atomic E-state index is 12.0. The third-order valence-corrected chi connectivity index (χ3v) is 3.81. The zero-order valence-electron chi connectivity index (χ0n) is 14.8. The van der Waals surface area contributed by atoms with Gasteiger partial charge >= 0.3 is 11.9 Å². The van der Waals surface area contributed by atoms with Gasteiger partial charge in [-0.3, -0.25) is 4.79 Å². The van der Waals surface area contributed by atoms with Crippen LogP contribution in [-0.4, -0.2) is 29.1 Å². The number of aromatic hydroxyl groups is 1. The monoisotopic (exact) mass is 367 g/mol. The predicted molar refractivity (Wildman–Crippen MR) is 96.7 cm³/mol. The summed E-state index contributed by atoms with van der Waals surface area (Å²) in [7, 11) is 1.19. The van der Waals surface area contributed by atoms with Gasteiger partial charge in [-0.15, -0.1) is 0 Å². The molecular weight excluding hydrogens is 350 g/mol. The Balaban J connectivity index is 2.20.